The number of aryl methyl sites for hydroxylation is 3. The van der Waals surface area contributed by atoms with Crippen LogP contribution in [0.5, 0.6) is 0 Å². The van der Waals surface area contributed by atoms with Crippen molar-refractivity contribution in [1.29, 1.82) is 0 Å². The minimum Gasteiger partial charge on any atom is -0.397 e. The molecule has 0 atom stereocenters. The first-order valence-electron chi connectivity index (χ1n) is 8.28. The molecule has 0 unspecified atom stereocenters. The van der Waals surface area contributed by atoms with E-state index < -0.39 is 0 Å². The van der Waals surface area contributed by atoms with Gasteiger partial charge in [-0.05, 0) is 38.5 Å². The van der Waals surface area contributed by atoms with Gasteiger partial charge in [0.2, 0.25) is 0 Å². The molecule has 3 aromatic heterocycles. The molecule has 0 fully saturated rings. The molecule has 0 aliphatic carbocycles. The maximum atomic E-state index is 12.9. The van der Waals surface area contributed by atoms with Gasteiger partial charge in [-0.1, -0.05) is 30.3 Å². The summed E-state index contributed by atoms with van der Waals surface area (Å²) >= 11 is 1.32. The second-order valence-corrected chi connectivity index (χ2v) is 7.36. The second-order valence-electron chi connectivity index (χ2n) is 6.36. The molecule has 130 valence electrons. The van der Waals surface area contributed by atoms with Crippen LogP contribution < -0.4 is 5.73 Å². The van der Waals surface area contributed by atoms with Gasteiger partial charge < -0.3 is 5.73 Å². The summed E-state index contributed by atoms with van der Waals surface area (Å²) in [5, 5.41) is 5.13. The highest BCUT2D eigenvalue weighted by Crippen LogP contribution is 2.37. The highest BCUT2D eigenvalue weighted by molar-refractivity contribution is 7.21. The highest BCUT2D eigenvalue weighted by Gasteiger charge is 2.22. The average Bonchev–Trinajstić information content (AvgIpc) is 3.14. The van der Waals surface area contributed by atoms with Gasteiger partial charge in [0.15, 0.2) is 0 Å². The first kappa shape index (κ1) is 16.5. The molecule has 5 nitrogen and oxygen atoms in total. The number of nitrogens with two attached hydrogens (primary N) is 1. The predicted molar refractivity (Wildman–Crippen MR) is 106 cm³/mol. The Morgan fingerprint density at radius 1 is 1.12 bits per heavy atom. The molecule has 26 heavy (non-hydrogen) atoms. The topological polar surface area (TPSA) is 73.8 Å². The fourth-order valence-corrected chi connectivity index (χ4v) is 4.25. The number of hydrogen-bond acceptors (Lipinski definition) is 5. The van der Waals surface area contributed by atoms with Crippen LogP contribution in [0.3, 0.4) is 0 Å². The molecule has 3 heterocycles. The van der Waals surface area contributed by atoms with Crippen molar-refractivity contribution in [2.24, 2.45) is 0 Å². The van der Waals surface area contributed by atoms with Crippen molar-refractivity contribution in [2.75, 3.05) is 5.73 Å². The fraction of sp³-hybridized carbons (Fsp3) is 0.150. The molecule has 0 aliphatic heterocycles. The molecule has 2 N–H and O–H groups in total. The zero-order chi connectivity index (χ0) is 18.4. The first-order chi connectivity index (χ1) is 12.5. The molecular formula is C20H18N4OS. The van der Waals surface area contributed by atoms with Crippen LogP contribution in [0.25, 0.3) is 21.5 Å². The average molecular weight is 362 g/mol. The van der Waals surface area contributed by atoms with Gasteiger partial charge in [-0.25, -0.2) is 9.67 Å². The number of fused-ring (bicyclic) bond motifs is 1. The van der Waals surface area contributed by atoms with Gasteiger partial charge in [0, 0.05) is 16.6 Å². The zero-order valence-corrected chi connectivity index (χ0v) is 15.6. The van der Waals surface area contributed by atoms with Crippen LogP contribution in [0, 0.1) is 20.8 Å². The Balaban J connectivity index is 1.88. The van der Waals surface area contributed by atoms with Crippen molar-refractivity contribution in [3.05, 3.63) is 64.3 Å². The number of hydrogen-bond donors (Lipinski definition) is 1. The summed E-state index contributed by atoms with van der Waals surface area (Å²) in [6, 6.07) is 13.9. The van der Waals surface area contributed by atoms with Crippen LogP contribution in [0.1, 0.15) is 26.6 Å². The lowest BCUT2D eigenvalue weighted by atomic mass is 10.1. The van der Waals surface area contributed by atoms with E-state index in [2.05, 4.69) is 5.10 Å². The lowest BCUT2D eigenvalue weighted by molar-refractivity contribution is 0.0947. The monoisotopic (exact) mass is 362 g/mol. The van der Waals surface area contributed by atoms with Gasteiger partial charge in [0.25, 0.3) is 5.91 Å². The second kappa shape index (κ2) is 6.07. The van der Waals surface area contributed by atoms with E-state index in [1.807, 2.05) is 63.2 Å². The number of anilines is 1. The van der Waals surface area contributed by atoms with Gasteiger partial charge in [-0.3, -0.25) is 4.79 Å². The lowest BCUT2D eigenvalue weighted by Crippen LogP contribution is -2.15. The Labute approximate surface area is 155 Å². The van der Waals surface area contributed by atoms with Crippen LogP contribution in [-0.4, -0.2) is 20.7 Å². The number of nitrogens with zero attached hydrogens (tertiary/aromatic N) is 3. The van der Waals surface area contributed by atoms with E-state index in [1.54, 1.807) is 0 Å². The quantitative estimate of drug-likeness (QED) is 0.575. The Morgan fingerprint density at radius 2 is 1.85 bits per heavy atom. The number of nitrogen functional groups attached to an aromatic ring is 1. The maximum absolute atomic E-state index is 12.9. The third-order valence-corrected chi connectivity index (χ3v) is 5.45. The van der Waals surface area contributed by atoms with Crippen molar-refractivity contribution in [2.45, 2.75) is 20.8 Å². The molecule has 0 spiro atoms. The van der Waals surface area contributed by atoms with Crippen LogP contribution >= 0.6 is 11.3 Å². The van der Waals surface area contributed by atoms with E-state index in [4.69, 9.17) is 10.7 Å². The Morgan fingerprint density at radius 3 is 2.50 bits per heavy atom. The molecule has 4 aromatic rings. The number of thiophene rings is 1. The summed E-state index contributed by atoms with van der Waals surface area (Å²) in [5.74, 6) is -0.211. The predicted octanol–water partition coefficient (Wildman–Crippen LogP) is 4.36. The van der Waals surface area contributed by atoms with E-state index in [0.29, 0.717) is 10.6 Å². The maximum Gasteiger partial charge on any atom is 0.290 e. The summed E-state index contributed by atoms with van der Waals surface area (Å²) in [7, 11) is 0. The van der Waals surface area contributed by atoms with E-state index in [0.717, 1.165) is 38.4 Å². The molecule has 0 radical (unpaired) electrons. The molecule has 0 saturated heterocycles. The van der Waals surface area contributed by atoms with Crippen molar-refractivity contribution in [1.82, 2.24) is 14.8 Å². The smallest absolute Gasteiger partial charge is 0.290 e. The van der Waals surface area contributed by atoms with Crippen molar-refractivity contribution in [3.8, 4) is 11.3 Å². The van der Waals surface area contributed by atoms with Gasteiger partial charge in [0.05, 0.1) is 17.1 Å². The van der Waals surface area contributed by atoms with Gasteiger partial charge in [-0.2, -0.15) is 5.10 Å². The number of pyridine rings is 1. The van der Waals surface area contributed by atoms with Gasteiger partial charge in [0.1, 0.15) is 9.71 Å². The number of carbonyl (C=O) groups excluding carboxylic acids is 1. The van der Waals surface area contributed by atoms with E-state index >= 15 is 0 Å². The summed E-state index contributed by atoms with van der Waals surface area (Å²) in [6.07, 6.45) is 0. The van der Waals surface area contributed by atoms with Gasteiger partial charge in [-0.15, -0.1) is 11.3 Å². The van der Waals surface area contributed by atoms with E-state index in [9.17, 15) is 4.79 Å². The Kier molecular flexibility index (Phi) is 3.85. The summed E-state index contributed by atoms with van der Waals surface area (Å²) < 4.78 is 1.41. The van der Waals surface area contributed by atoms with Crippen molar-refractivity contribution < 1.29 is 4.79 Å². The first-order valence-corrected chi connectivity index (χ1v) is 9.10. The van der Waals surface area contributed by atoms with Crippen LogP contribution in [0.4, 0.5) is 5.69 Å². The standard InChI is InChI=1S/C20H18N4OS/c1-11-9-15(14-7-5-4-6-8-14)22-19-16(11)17(21)18(26-19)20(25)24-13(3)10-12(2)23-24/h4-10H,21H2,1-3H3. The minimum atomic E-state index is -0.211. The molecule has 6 heteroatoms. The number of aromatic nitrogens is 3. The largest absolute Gasteiger partial charge is 0.397 e. The molecular weight excluding hydrogens is 344 g/mol. The molecule has 1 aromatic carbocycles. The normalized spacial score (nSPS) is 11.2. The lowest BCUT2D eigenvalue weighted by Gasteiger charge is -2.04. The summed E-state index contributed by atoms with van der Waals surface area (Å²) in [5.41, 5.74) is 11.3. The summed E-state index contributed by atoms with van der Waals surface area (Å²) in [4.78, 5) is 18.9. The summed E-state index contributed by atoms with van der Waals surface area (Å²) in [6.45, 7) is 5.72. The number of benzene rings is 1. The van der Waals surface area contributed by atoms with Crippen molar-refractivity contribution >= 4 is 33.1 Å². The highest BCUT2D eigenvalue weighted by atomic mass is 32.1. The third-order valence-electron chi connectivity index (χ3n) is 4.36. The fourth-order valence-electron chi connectivity index (χ4n) is 3.16. The van der Waals surface area contributed by atoms with Crippen molar-refractivity contribution in [3.63, 3.8) is 0 Å². The SMILES string of the molecule is Cc1cc(C)n(C(=O)c2sc3nc(-c4ccccc4)cc(C)c3c2N)n1. The Bertz CT molecular complexity index is 1140. The van der Waals surface area contributed by atoms with E-state index in [-0.39, 0.29) is 5.91 Å². The number of carbonyl (C=O) groups is 1. The van der Waals surface area contributed by atoms with Crippen LogP contribution in [-0.2, 0) is 0 Å². The number of rotatable bonds is 2. The molecule has 0 amide bonds. The minimum absolute atomic E-state index is 0.211. The molecule has 4 rings (SSSR count). The Hall–Kier alpha value is -2.99. The molecule has 0 bridgehead atoms. The molecule has 0 aliphatic rings. The van der Waals surface area contributed by atoms with Crippen LogP contribution in [0.15, 0.2) is 42.5 Å². The third kappa shape index (κ3) is 2.59. The molecule has 0 saturated carbocycles. The van der Waals surface area contributed by atoms with E-state index in [1.165, 1.54) is 16.0 Å². The van der Waals surface area contributed by atoms with Gasteiger partial charge >= 0.3 is 0 Å². The zero-order valence-electron chi connectivity index (χ0n) is 14.8. The van der Waals surface area contributed by atoms with Crippen LogP contribution in [0.2, 0.25) is 0 Å².